The SMILES string of the molecule is Cc1nn(CC(O)CN(C)CC2(O)CCCC2)c(C)c1N. The topological polar surface area (TPSA) is 87.5 Å². The molecule has 6 nitrogen and oxygen atoms in total. The Kier molecular flexibility index (Phi) is 4.91. The zero-order chi connectivity index (χ0) is 15.6. The zero-order valence-corrected chi connectivity index (χ0v) is 13.3. The molecule has 0 aliphatic heterocycles. The van der Waals surface area contributed by atoms with Crippen LogP contribution < -0.4 is 5.73 Å². The lowest BCUT2D eigenvalue weighted by Crippen LogP contribution is -2.43. The normalized spacial score (nSPS) is 19.3. The summed E-state index contributed by atoms with van der Waals surface area (Å²) in [6, 6.07) is 0. The van der Waals surface area contributed by atoms with Gasteiger partial charge in [0.15, 0.2) is 0 Å². The molecular weight excluding hydrogens is 268 g/mol. The van der Waals surface area contributed by atoms with Crippen LogP contribution in [-0.4, -0.2) is 56.7 Å². The van der Waals surface area contributed by atoms with Gasteiger partial charge < -0.3 is 20.8 Å². The molecule has 1 aromatic rings. The van der Waals surface area contributed by atoms with Crippen molar-refractivity contribution in [2.45, 2.75) is 57.8 Å². The second-order valence-electron chi connectivity index (χ2n) is 6.55. The summed E-state index contributed by atoms with van der Waals surface area (Å²) in [7, 11) is 1.94. The van der Waals surface area contributed by atoms with Gasteiger partial charge in [0.1, 0.15) is 0 Å². The summed E-state index contributed by atoms with van der Waals surface area (Å²) in [5, 5.41) is 25.0. The van der Waals surface area contributed by atoms with Crippen molar-refractivity contribution < 1.29 is 10.2 Å². The monoisotopic (exact) mass is 296 g/mol. The van der Waals surface area contributed by atoms with Crippen molar-refractivity contribution in [3.8, 4) is 0 Å². The number of aliphatic hydroxyl groups excluding tert-OH is 1. The van der Waals surface area contributed by atoms with Gasteiger partial charge in [-0.25, -0.2) is 0 Å². The van der Waals surface area contributed by atoms with E-state index in [1.165, 1.54) is 0 Å². The molecule has 0 saturated heterocycles. The fourth-order valence-electron chi connectivity index (χ4n) is 3.26. The van der Waals surface area contributed by atoms with Crippen LogP contribution in [0.1, 0.15) is 37.1 Å². The van der Waals surface area contributed by atoms with E-state index in [0.717, 1.165) is 37.1 Å². The number of nitrogen functional groups attached to an aromatic ring is 1. The van der Waals surface area contributed by atoms with Crippen molar-refractivity contribution >= 4 is 5.69 Å². The molecule has 1 saturated carbocycles. The molecule has 0 spiro atoms. The lowest BCUT2D eigenvalue weighted by Gasteiger charge is -2.29. The molecule has 4 N–H and O–H groups in total. The highest BCUT2D eigenvalue weighted by Gasteiger charge is 2.32. The number of nitrogens with two attached hydrogens (primary N) is 1. The van der Waals surface area contributed by atoms with Crippen LogP contribution >= 0.6 is 0 Å². The van der Waals surface area contributed by atoms with Crippen LogP contribution in [0.4, 0.5) is 5.69 Å². The molecule has 1 fully saturated rings. The summed E-state index contributed by atoms with van der Waals surface area (Å²) in [6.45, 7) is 5.33. The summed E-state index contributed by atoms with van der Waals surface area (Å²) in [6.07, 6.45) is 3.39. The zero-order valence-electron chi connectivity index (χ0n) is 13.3. The highest BCUT2D eigenvalue weighted by atomic mass is 16.3. The van der Waals surface area contributed by atoms with E-state index in [4.69, 9.17) is 5.73 Å². The fourth-order valence-corrected chi connectivity index (χ4v) is 3.26. The molecule has 0 bridgehead atoms. The molecule has 1 atom stereocenters. The Morgan fingerprint density at radius 3 is 2.52 bits per heavy atom. The average molecular weight is 296 g/mol. The summed E-state index contributed by atoms with van der Waals surface area (Å²) >= 11 is 0. The Morgan fingerprint density at radius 1 is 1.38 bits per heavy atom. The number of hydrogen-bond acceptors (Lipinski definition) is 5. The van der Waals surface area contributed by atoms with Crippen LogP contribution in [0, 0.1) is 13.8 Å². The highest BCUT2D eigenvalue weighted by Crippen LogP contribution is 2.29. The molecule has 1 unspecified atom stereocenters. The second-order valence-corrected chi connectivity index (χ2v) is 6.55. The Bertz CT molecular complexity index is 480. The first-order valence-electron chi connectivity index (χ1n) is 7.69. The van der Waals surface area contributed by atoms with Gasteiger partial charge in [-0.3, -0.25) is 4.68 Å². The van der Waals surface area contributed by atoms with Gasteiger partial charge in [-0.2, -0.15) is 5.10 Å². The fraction of sp³-hybridized carbons (Fsp3) is 0.800. The van der Waals surface area contributed by atoms with E-state index < -0.39 is 11.7 Å². The maximum absolute atomic E-state index is 10.4. The second kappa shape index (κ2) is 6.34. The molecule has 120 valence electrons. The average Bonchev–Trinajstić information content (AvgIpc) is 2.90. The lowest BCUT2D eigenvalue weighted by molar-refractivity contribution is 0.00294. The number of nitrogens with zero attached hydrogens (tertiary/aromatic N) is 3. The van der Waals surface area contributed by atoms with E-state index in [1.54, 1.807) is 4.68 Å². The third kappa shape index (κ3) is 3.96. The van der Waals surface area contributed by atoms with Gasteiger partial charge in [0, 0.05) is 13.1 Å². The Labute approximate surface area is 126 Å². The lowest BCUT2D eigenvalue weighted by atomic mass is 10.0. The molecule has 0 radical (unpaired) electrons. The van der Waals surface area contributed by atoms with Gasteiger partial charge in [-0.1, -0.05) is 12.8 Å². The minimum Gasteiger partial charge on any atom is -0.396 e. The maximum atomic E-state index is 10.4. The van der Waals surface area contributed by atoms with E-state index in [0.29, 0.717) is 25.3 Å². The molecule has 1 heterocycles. The predicted octanol–water partition coefficient (Wildman–Crippen LogP) is 0.680. The van der Waals surface area contributed by atoms with Gasteiger partial charge in [-0.05, 0) is 33.7 Å². The van der Waals surface area contributed by atoms with Crippen LogP contribution in [0.3, 0.4) is 0 Å². The van der Waals surface area contributed by atoms with E-state index in [9.17, 15) is 10.2 Å². The first-order chi connectivity index (χ1) is 9.81. The maximum Gasteiger partial charge on any atom is 0.0862 e. The van der Waals surface area contributed by atoms with Gasteiger partial charge in [-0.15, -0.1) is 0 Å². The Balaban J connectivity index is 1.86. The molecule has 2 rings (SSSR count). The van der Waals surface area contributed by atoms with Crippen LogP contribution in [-0.2, 0) is 6.54 Å². The number of aryl methyl sites for hydroxylation is 1. The van der Waals surface area contributed by atoms with Crippen molar-refractivity contribution in [1.82, 2.24) is 14.7 Å². The number of hydrogen-bond donors (Lipinski definition) is 3. The third-order valence-electron chi connectivity index (χ3n) is 4.44. The smallest absolute Gasteiger partial charge is 0.0862 e. The predicted molar refractivity (Wildman–Crippen MR) is 83.0 cm³/mol. The molecule has 6 heteroatoms. The number of aromatic nitrogens is 2. The molecule has 1 aromatic heterocycles. The van der Waals surface area contributed by atoms with Crippen molar-refractivity contribution in [2.75, 3.05) is 25.9 Å². The molecule has 21 heavy (non-hydrogen) atoms. The standard InChI is InChI=1S/C15H28N4O2/c1-11-14(16)12(2)19(17-11)9-13(20)8-18(3)10-15(21)6-4-5-7-15/h13,20-21H,4-10,16H2,1-3H3. The Hall–Kier alpha value is -1.11. The quantitative estimate of drug-likeness (QED) is 0.718. The molecule has 0 amide bonds. The molecule has 0 aromatic carbocycles. The van der Waals surface area contributed by atoms with Crippen molar-refractivity contribution in [3.63, 3.8) is 0 Å². The van der Waals surface area contributed by atoms with Gasteiger partial charge in [0.05, 0.1) is 35.3 Å². The van der Waals surface area contributed by atoms with E-state index in [1.807, 2.05) is 25.8 Å². The van der Waals surface area contributed by atoms with Gasteiger partial charge in [0.2, 0.25) is 0 Å². The summed E-state index contributed by atoms with van der Waals surface area (Å²) in [5.41, 5.74) is 7.71. The Morgan fingerprint density at radius 2 is 2.00 bits per heavy atom. The van der Waals surface area contributed by atoms with Crippen LogP contribution in [0.5, 0.6) is 0 Å². The summed E-state index contributed by atoms with van der Waals surface area (Å²) in [5.74, 6) is 0. The molecule has 1 aliphatic carbocycles. The molecule has 1 aliphatic rings. The van der Waals surface area contributed by atoms with Crippen LogP contribution in [0.25, 0.3) is 0 Å². The van der Waals surface area contributed by atoms with Crippen molar-refractivity contribution in [2.24, 2.45) is 0 Å². The largest absolute Gasteiger partial charge is 0.396 e. The van der Waals surface area contributed by atoms with Crippen molar-refractivity contribution in [1.29, 1.82) is 0 Å². The summed E-state index contributed by atoms with van der Waals surface area (Å²) < 4.78 is 1.76. The van der Waals surface area contributed by atoms with E-state index in [2.05, 4.69) is 5.10 Å². The highest BCUT2D eigenvalue weighted by molar-refractivity contribution is 5.46. The first-order valence-corrected chi connectivity index (χ1v) is 7.69. The number of aliphatic hydroxyl groups is 2. The van der Waals surface area contributed by atoms with Crippen molar-refractivity contribution in [3.05, 3.63) is 11.4 Å². The minimum atomic E-state index is -0.572. The van der Waals surface area contributed by atoms with Crippen LogP contribution in [0.15, 0.2) is 0 Å². The van der Waals surface area contributed by atoms with E-state index >= 15 is 0 Å². The molecular formula is C15H28N4O2. The van der Waals surface area contributed by atoms with Gasteiger partial charge >= 0.3 is 0 Å². The third-order valence-corrected chi connectivity index (χ3v) is 4.44. The minimum absolute atomic E-state index is 0.423. The number of anilines is 1. The number of rotatable bonds is 6. The van der Waals surface area contributed by atoms with E-state index in [-0.39, 0.29) is 0 Å². The first kappa shape index (κ1) is 16.3. The summed E-state index contributed by atoms with van der Waals surface area (Å²) in [4.78, 5) is 2.00. The van der Waals surface area contributed by atoms with Gasteiger partial charge in [0.25, 0.3) is 0 Å². The van der Waals surface area contributed by atoms with Crippen LogP contribution in [0.2, 0.25) is 0 Å². The number of likely N-dealkylation sites (N-methyl/N-ethyl adjacent to an activating group) is 1.